The van der Waals surface area contributed by atoms with Gasteiger partial charge in [-0.1, -0.05) is 30.3 Å². The fourth-order valence-corrected chi connectivity index (χ4v) is 3.39. The van der Waals surface area contributed by atoms with Gasteiger partial charge in [-0.15, -0.1) is 0 Å². The molecular formula is C23H31N7O7. The molecule has 1 aromatic heterocycles. The van der Waals surface area contributed by atoms with Crippen molar-refractivity contribution in [2.45, 2.75) is 56.5 Å². The molecule has 14 heteroatoms. The largest absolute Gasteiger partial charge is 0.480 e. The van der Waals surface area contributed by atoms with Crippen molar-refractivity contribution in [1.82, 2.24) is 25.9 Å². The number of carbonyl (C=O) groups is 5. The molecule has 0 saturated heterocycles. The van der Waals surface area contributed by atoms with Gasteiger partial charge in [0.2, 0.25) is 23.6 Å². The molecule has 4 amide bonds. The van der Waals surface area contributed by atoms with Gasteiger partial charge in [-0.25, -0.2) is 9.78 Å². The summed E-state index contributed by atoms with van der Waals surface area (Å²) in [5.41, 5.74) is 12.3. The van der Waals surface area contributed by atoms with Crippen LogP contribution in [0.15, 0.2) is 42.9 Å². The summed E-state index contributed by atoms with van der Waals surface area (Å²) in [6.07, 6.45) is 0.819. The second-order valence-electron chi connectivity index (χ2n) is 8.44. The van der Waals surface area contributed by atoms with Gasteiger partial charge in [-0.2, -0.15) is 0 Å². The highest BCUT2D eigenvalue weighted by atomic mass is 16.4. The number of nitrogens with one attached hydrogen (secondary N) is 4. The zero-order valence-corrected chi connectivity index (χ0v) is 20.1. The van der Waals surface area contributed by atoms with Gasteiger partial charge in [0, 0.05) is 18.3 Å². The van der Waals surface area contributed by atoms with E-state index in [4.69, 9.17) is 11.5 Å². The lowest BCUT2D eigenvalue weighted by molar-refractivity contribution is -0.144. The van der Waals surface area contributed by atoms with Gasteiger partial charge < -0.3 is 42.6 Å². The second-order valence-corrected chi connectivity index (χ2v) is 8.44. The minimum absolute atomic E-state index is 0.0524. The van der Waals surface area contributed by atoms with Crippen LogP contribution in [-0.2, 0) is 36.8 Å². The van der Waals surface area contributed by atoms with Crippen LogP contribution in [0.1, 0.15) is 24.6 Å². The molecule has 2 rings (SSSR count). The van der Waals surface area contributed by atoms with Gasteiger partial charge in [-0.3, -0.25) is 19.2 Å². The number of H-pyrrole nitrogens is 1. The Balaban J connectivity index is 2.15. The number of aliphatic hydroxyl groups is 1. The van der Waals surface area contributed by atoms with Crippen LogP contribution < -0.4 is 27.4 Å². The van der Waals surface area contributed by atoms with Gasteiger partial charge >= 0.3 is 5.97 Å². The molecule has 0 aliphatic rings. The number of rotatable bonds is 14. The zero-order valence-electron chi connectivity index (χ0n) is 20.1. The van der Waals surface area contributed by atoms with Gasteiger partial charge in [-0.05, 0) is 18.9 Å². The van der Waals surface area contributed by atoms with Gasteiger partial charge in [0.15, 0.2) is 0 Å². The highest BCUT2D eigenvalue weighted by Gasteiger charge is 2.33. The maximum absolute atomic E-state index is 13.1. The Morgan fingerprint density at radius 3 is 2.16 bits per heavy atom. The molecule has 1 aromatic carbocycles. The fourth-order valence-electron chi connectivity index (χ4n) is 3.39. The molecule has 0 saturated carbocycles. The molecule has 37 heavy (non-hydrogen) atoms. The van der Waals surface area contributed by atoms with Crippen molar-refractivity contribution in [2.75, 3.05) is 0 Å². The summed E-state index contributed by atoms with van der Waals surface area (Å²) in [4.78, 5) is 67.7. The van der Waals surface area contributed by atoms with Crippen molar-refractivity contribution in [1.29, 1.82) is 0 Å². The summed E-state index contributed by atoms with van der Waals surface area (Å²) >= 11 is 0. The molecule has 5 atom stereocenters. The monoisotopic (exact) mass is 517 g/mol. The number of aromatic amines is 1. The SMILES string of the molecule is CC(O)C(NC(=O)C(Cc1cnc[nH]1)NC(=O)C(N)Cc1ccccc1)C(=O)NC(CC(N)=O)C(=O)O. The molecule has 0 radical (unpaired) electrons. The van der Waals surface area contributed by atoms with Crippen LogP contribution in [-0.4, -0.2) is 80.1 Å². The highest BCUT2D eigenvalue weighted by molar-refractivity contribution is 5.95. The third-order valence-corrected chi connectivity index (χ3v) is 5.33. The van der Waals surface area contributed by atoms with Gasteiger partial charge in [0.05, 0.1) is 24.9 Å². The maximum Gasteiger partial charge on any atom is 0.326 e. The number of carboxylic acid groups (broad SMARTS) is 1. The van der Waals surface area contributed by atoms with Crippen molar-refractivity contribution in [2.24, 2.45) is 11.5 Å². The number of hydrogen-bond donors (Lipinski definition) is 8. The van der Waals surface area contributed by atoms with Crippen LogP contribution >= 0.6 is 0 Å². The van der Waals surface area contributed by atoms with Crippen LogP contribution in [0, 0.1) is 0 Å². The Hall–Kier alpha value is -4.30. The van der Waals surface area contributed by atoms with Gasteiger partial charge in [0.25, 0.3) is 0 Å². The first-order valence-electron chi connectivity index (χ1n) is 11.3. The van der Waals surface area contributed by atoms with E-state index >= 15 is 0 Å². The first-order valence-corrected chi connectivity index (χ1v) is 11.3. The summed E-state index contributed by atoms with van der Waals surface area (Å²) in [5, 5.41) is 26.3. The van der Waals surface area contributed by atoms with E-state index in [2.05, 4.69) is 25.9 Å². The predicted molar refractivity (Wildman–Crippen MR) is 129 cm³/mol. The number of hydrogen-bond acceptors (Lipinski definition) is 8. The molecule has 2 aromatic rings. The molecule has 0 bridgehead atoms. The molecule has 0 spiro atoms. The third kappa shape index (κ3) is 9.35. The number of aromatic nitrogens is 2. The molecule has 14 nitrogen and oxygen atoms in total. The van der Waals surface area contributed by atoms with Crippen LogP contribution in [0.4, 0.5) is 0 Å². The van der Waals surface area contributed by atoms with E-state index in [1.807, 2.05) is 6.07 Å². The second kappa shape index (κ2) is 13.7. The van der Waals surface area contributed by atoms with Crippen molar-refractivity contribution >= 4 is 29.6 Å². The van der Waals surface area contributed by atoms with E-state index in [0.29, 0.717) is 5.69 Å². The van der Waals surface area contributed by atoms with E-state index in [1.54, 1.807) is 24.3 Å². The van der Waals surface area contributed by atoms with Crippen LogP contribution in [0.3, 0.4) is 0 Å². The standard InChI is InChI=1S/C23H31N7O7/c1-12(31)19(22(35)29-17(23(36)37)9-18(25)32)30-21(34)16(8-14-10-26-11-27-14)28-20(33)15(24)7-13-5-3-2-4-6-13/h2-6,10-12,15-17,19,31H,7-9,24H2,1H3,(H2,25,32)(H,26,27)(H,28,33)(H,29,35)(H,30,34)(H,36,37). The minimum Gasteiger partial charge on any atom is -0.480 e. The van der Waals surface area contributed by atoms with E-state index in [0.717, 1.165) is 5.56 Å². The Labute approximate surface area is 212 Å². The average molecular weight is 518 g/mol. The lowest BCUT2D eigenvalue weighted by Gasteiger charge is -2.26. The number of aliphatic carboxylic acids is 1. The molecule has 5 unspecified atom stereocenters. The van der Waals surface area contributed by atoms with Gasteiger partial charge in [0.1, 0.15) is 18.1 Å². The quantitative estimate of drug-likeness (QED) is 0.130. The molecule has 10 N–H and O–H groups in total. The lowest BCUT2D eigenvalue weighted by Crippen LogP contribution is -2.60. The van der Waals surface area contributed by atoms with Crippen molar-refractivity contribution < 1.29 is 34.2 Å². The molecule has 0 aliphatic carbocycles. The summed E-state index contributed by atoms with van der Waals surface area (Å²) < 4.78 is 0. The normalized spacial score (nSPS) is 14.9. The number of imidazole rings is 1. The zero-order chi connectivity index (χ0) is 27.5. The molecule has 1 heterocycles. The number of aliphatic hydroxyl groups excluding tert-OH is 1. The maximum atomic E-state index is 13.1. The number of nitrogens with zero attached hydrogens (tertiary/aromatic N) is 1. The van der Waals surface area contributed by atoms with Crippen molar-refractivity contribution in [3.05, 3.63) is 54.1 Å². The third-order valence-electron chi connectivity index (χ3n) is 5.33. The van der Waals surface area contributed by atoms with E-state index in [1.165, 1.54) is 19.4 Å². The van der Waals surface area contributed by atoms with E-state index in [-0.39, 0.29) is 12.8 Å². The molecule has 200 valence electrons. The number of carbonyl (C=O) groups excluding carboxylic acids is 4. The Morgan fingerprint density at radius 2 is 1.62 bits per heavy atom. The summed E-state index contributed by atoms with van der Waals surface area (Å²) in [6.45, 7) is 1.20. The van der Waals surface area contributed by atoms with E-state index < -0.39 is 66.3 Å². The number of carboxylic acids is 1. The number of nitrogens with two attached hydrogens (primary N) is 2. The van der Waals surface area contributed by atoms with Crippen LogP contribution in [0.25, 0.3) is 0 Å². The fraction of sp³-hybridized carbons (Fsp3) is 0.391. The molecule has 0 fully saturated rings. The highest BCUT2D eigenvalue weighted by Crippen LogP contribution is 2.06. The summed E-state index contributed by atoms with van der Waals surface area (Å²) in [6, 6.07) is 3.53. The van der Waals surface area contributed by atoms with E-state index in [9.17, 15) is 34.2 Å². The van der Waals surface area contributed by atoms with Crippen LogP contribution in [0.2, 0.25) is 0 Å². The first kappa shape index (κ1) is 28.9. The predicted octanol–water partition coefficient (Wildman–Crippen LogP) is -2.68. The summed E-state index contributed by atoms with van der Waals surface area (Å²) in [7, 11) is 0. The molecular weight excluding hydrogens is 486 g/mol. The minimum atomic E-state index is -1.67. The smallest absolute Gasteiger partial charge is 0.326 e. The molecule has 0 aliphatic heterocycles. The number of primary amides is 1. The lowest BCUT2D eigenvalue weighted by atomic mass is 10.0. The Morgan fingerprint density at radius 1 is 0.973 bits per heavy atom. The Kier molecular flexibility index (Phi) is 10.7. The van der Waals surface area contributed by atoms with Crippen molar-refractivity contribution in [3.63, 3.8) is 0 Å². The van der Waals surface area contributed by atoms with Crippen molar-refractivity contribution in [3.8, 4) is 0 Å². The average Bonchev–Trinajstić information content (AvgIpc) is 3.34. The van der Waals surface area contributed by atoms with Crippen LogP contribution in [0.5, 0.6) is 0 Å². The first-order chi connectivity index (χ1) is 17.5. The summed E-state index contributed by atoms with van der Waals surface area (Å²) in [5.74, 6) is -5.05. The topological polar surface area (TPSA) is 243 Å². The number of benzene rings is 1. The number of amides is 4. The Bertz CT molecular complexity index is 1080.